The molecular weight excluding hydrogens is 382 g/mol. The van der Waals surface area contributed by atoms with Gasteiger partial charge in [-0.05, 0) is 24.6 Å². The molecule has 1 N–H and O–H groups in total. The first-order valence-electron chi connectivity index (χ1n) is 8.60. The van der Waals surface area contributed by atoms with Crippen LogP contribution in [0.25, 0.3) is 11.1 Å². The average Bonchev–Trinajstić information content (AvgIpc) is 2.96. The van der Waals surface area contributed by atoms with E-state index in [9.17, 15) is 18.0 Å². The van der Waals surface area contributed by atoms with Crippen LogP contribution in [0.5, 0.6) is 0 Å². The van der Waals surface area contributed by atoms with Crippen molar-refractivity contribution in [1.82, 2.24) is 14.2 Å². The van der Waals surface area contributed by atoms with Gasteiger partial charge in [-0.25, -0.2) is 17.5 Å². The highest BCUT2D eigenvalue weighted by molar-refractivity contribution is 7.89. The van der Waals surface area contributed by atoms with Gasteiger partial charge in [-0.2, -0.15) is 0 Å². The number of nitrogens with zero attached hydrogens (tertiary/aromatic N) is 2. The number of benzene rings is 2. The summed E-state index contributed by atoms with van der Waals surface area (Å²) in [5.74, 6) is -1.08. The van der Waals surface area contributed by atoms with Crippen molar-refractivity contribution in [2.24, 2.45) is 0 Å². The molecule has 3 rings (SSSR count). The third kappa shape index (κ3) is 3.85. The van der Waals surface area contributed by atoms with E-state index in [1.54, 1.807) is 0 Å². The summed E-state index contributed by atoms with van der Waals surface area (Å²) in [7, 11) is -0.827. The topological polar surface area (TPSA) is 102 Å². The van der Waals surface area contributed by atoms with Crippen molar-refractivity contribution in [3.05, 3.63) is 64.6 Å². The molecule has 9 heteroatoms. The lowest BCUT2D eigenvalue weighted by molar-refractivity contribution is -0.122. The van der Waals surface area contributed by atoms with Gasteiger partial charge in [-0.15, -0.1) is 0 Å². The highest BCUT2D eigenvalue weighted by Crippen LogP contribution is 2.20. The molecule has 1 heterocycles. The standard InChI is InChI=1S/C19H21N3O5S/c1-13(14-7-5-4-6-8-14)20-18(23)12-22-16-10-9-15(28(25,26)21(2)3)11-17(16)27-19(22)24/h4-11,13H,12H2,1-3H3,(H,20,23)/t13-/m0/s1. The van der Waals surface area contributed by atoms with Crippen molar-refractivity contribution >= 4 is 27.0 Å². The minimum absolute atomic E-state index is 0.00745. The number of hydrogen-bond acceptors (Lipinski definition) is 5. The van der Waals surface area contributed by atoms with Crippen molar-refractivity contribution in [3.63, 3.8) is 0 Å². The Morgan fingerprint density at radius 3 is 2.50 bits per heavy atom. The second-order valence-corrected chi connectivity index (χ2v) is 8.72. The maximum atomic E-state index is 12.4. The zero-order valence-electron chi connectivity index (χ0n) is 15.7. The predicted octanol–water partition coefficient (Wildman–Crippen LogP) is 1.72. The van der Waals surface area contributed by atoms with Crippen molar-refractivity contribution in [2.45, 2.75) is 24.4 Å². The molecule has 28 heavy (non-hydrogen) atoms. The summed E-state index contributed by atoms with van der Waals surface area (Å²) in [4.78, 5) is 24.6. The molecule has 148 valence electrons. The number of oxazole rings is 1. The van der Waals surface area contributed by atoms with Crippen LogP contribution in [-0.2, 0) is 21.4 Å². The number of carbonyl (C=O) groups excluding carboxylic acids is 1. The maximum absolute atomic E-state index is 12.4. The molecule has 1 amide bonds. The average molecular weight is 403 g/mol. The van der Waals surface area contributed by atoms with Gasteiger partial charge in [0.05, 0.1) is 16.5 Å². The van der Waals surface area contributed by atoms with Crippen LogP contribution < -0.4 is 11.1 Å². The highest BCUT2D eigenvalue weighted by atomic mass is 32.2. The first-order chi connectivity index (χ1) is 13.2. The fourth-order valence-electron chi connectivity index (χ4n) is 2.82. The molecule has 2 aromatic carbocycles. The first kappa shape index (κ1) is 19.8. The Kier molecular flexibility index (Phi) is 5.39. The van der Waals surface area contributed by atoms with E-state index < -0.39 is 15.8 Å². The number of hydrogen-bond donors (Lipinski definition) is 1. The molecule has 0 radical (unpaired) electrons. The number of rotatable bonds is 6. The summed E-state index contributed by atoms with van der Waals surface area (Å²) in [5, 5.41) is 2.83. The second kappa shape index (κ2) is 7.61. The lowest BCUT2D eigenvalue weighted by atomic mass is 10.1. The summed E-state index contributed by atoms with van der Waals surface area (Å²) < 4.78 is 31.9. The largest absolute Gasteiger partial charge is 0.420 e. The van der Waals surface area contributed by atoms with Crippen molar-refractivity contribution in [1.29, 1.82) is 0 Å². The third-order valence-electron chi connectivity index (χ3n) is 4.40. The molecule has 0 aliphatic rings. The molecule has 3 aromatic rings. The Hall–Kier alpha value is -2.91. The van der Waals surface area contributed by atoms with E-state index in [-0.39, 0.29) is 29.0 Å². The lowest BCUT2D eigenvalue weighted by Gasteiger charge is -2.14. The van der Waals surface area contributed by atoms with Gasteiger partial charge in [-0.1, -0.05) is 30.3 Å². The van der Waals surface area contributed by atoms with Crippen molar-refractivity contribution in [2.75, 3.05) is 14.1 Å². The lowest BCUT2D eigenvalue weighted by Crippen LogP contribution is -2.32. The van der Waals surface area contributed by atoms with Crippen LogP contribution in [0.1, 0.15) is 18.5 Å². The van der Waals surface area contributed by atoms with Crippen LogP contribution in [0, 0.1) is 0 Å². The van der Waals surface area contributed by atoms with Gasteiger partial charge in [0, 0.05) is 20.2 Å². The summed E-state index contributed by atoms with van der Waals surface area (Å²) >= 11 is 0. The Balaban J connectivity index is 1.85. The van der Waals surface area contributed by atoms with Gasteiger partial charge in [0.25, 0.3) is 0 Å². The zero-order valence-corrected chi connectivity index (χ0v) is 16.6. The van der Waals surface area contributed by atoms with Gasteiger partial charge in [-0.3, -0.25) is 9.36 Å². The molecular formula is C19H21N3O5S. The fraction of sp³-hybridized carbons (Fsp3) is 0.263. The number of aromatic nitrogens is 1. The third-order valence-corrected chi connectivity index (χ3v) is 6.21. The molecule has 0 aliphatic carbocycles. The molecule has 0 bridgehead atoms. The number of sulfonamides is 1. The highest BCUT2D eigenvalue weighted by Gasteiger charge is 2.20. The van der Waals surface area contributed by atoms with Crippen LogP contribution in [0.4, 0.5) is 0 Å². The molecule has 0 saturated carbocycles. The fourth-order valence-corrected chi connectivity index (χ4v) is 3.74. The Morgan fingerprint density at radius 2 is 1.86 bits per heavy atom. The number of carbonyl (C=O) groups is 1. The second-order valence-electron chi connectivity index (χ2n) is 6.57. The van der Waals surface area contributed by atoms with Gasteiger partial charge in [0.2, 0.25) is 15.9 Å². The van der Waals surface area contributed by atoms with Gasteiger partial charge in [0.15, 0.2) is 5.58 Å². The van der Waals surface area contributed by atoms with E-state index in [1.165, 1.54) is 36.9 Å². The first-order valence-corrected chi connectivity index (χ1v) is 10.0. The Bertz CT molecular complexity index is 1160. The predicted molar refractivity (Wildman–Crippen MR) is 104 cm³/mol. The van der Waals surface area contributed by atoms with Crippen LogP contribution in [0.2, 0.25) is 0 Å². The van der Waals surface area contributed by atoms with Crippen LogP contribution >= 0.6 is 0 Å². The van der Waals surface area contributed by atoms with E-state index in [1.807, 2.05) is 37.3 Å². The van der Waals surface area contributed by atoms with E-state index in [4.69, 9.17) is 4.42 Å². The maximum Gasteiger partial charge on any atom is 0.420 e. The number of nitrogens with one attached hydrogen (secondary N) is 1. The molecule has 0 aliphatic heterocycles. The molecule has 0 saturated heterocycles. The van der Waals surface area contributed by atoms with E-state index in [2.05, 4.69) is 5.32 Å². The number of fused-ring (bicyclic) bond motifs is 1. The van der Waals surface area contributed by atoms with Gasteiger partial charge in [0.1, 0.15) is 6.54 Å². The molecule has 1 atom stereocenters. The van der Waals surface area contributed by atoms with Gasteiger partial charge >= 0.3 is 5.76 Å². The zero-order chi connectivity index (χ0) is 20.5. The minimum Gasteiger partial charge on any atom is -0.408 e. The molecule has 0 unspecified atom stereocenters. The van der Waals surface area contributed by atoms with Crippen molar-refractivity contribution in [3.8, 4) is 0 Å². The van der Waals surface area contributed by atoms with E-state index >= 15 is 0 Å². The van der Waals surface area contributed by atoms with Crippen LogP contribution in [0.3, 0.4) is 0 Å². The normalized spacial score (nSPS) is 13.0. The smallest absolute Gasteiger partial charge is 0.408 e. The molecule has 1 aromatic heterocycles. The summed E-state index contributed by atoms with van der Waals surface area (Å²) in [6.45, 7) is 1.62. The van der Waals surface area contributed by atoms with E-state index in [0.29, 0.717) is 5.52 Å². The van der Waals surface area contributed by atoms with E-state index in [0.717, 1.165) is 9.87 Å². The summed E-state index contributed by atoms with van der Waals surface area (Å²) in [6.07, 6.45) is 0. The van der Waals surface area contributed by atoms with Crippen LogP contribution in [-0.4, -0.2) is 37.3 Å². The summed E-state index contributed by atoms with van der Waals surface area (Å²) in [5.41, 5.74) is 1.40. The van der Waals surface area contributed by atoms with Gasteiger partial charge < -0.3 is 9.73 Å². The molecule has 8 nitrogen and oxygen atoms in total. The molecule has 0 fully saturated rings. The minimum atomic E-state index is -3.66. The number of amides is 1. The van der Waals surface area contributed by atoms with Crippen molar-refractivity contribution < 1.29 is 17.6 Å². The molecule has 0 spiro atoms. The quantitative estimate of drug-likeness (QED) is 0.675. The summed E-state index contributed by atoms with van der Waals surface area (Å²) in [6, 6.07) is 13.4. The Labute approximate surface area is 162 Å². The monoisotopic (exact) mass is 403 g/mol. The Morgan fingerprint density at radius 1 is 1.18 bits per heavy atom. The van der Waals surface area contributed by atoms with Crippen LogP contribution in [0.15, 0.2) is 62.6 Å². The SMILES string of the molecule is C[C@H](NC(=O)Cn1c(=O)oc2cc(S(=O)(=O)N(C)C)ccc21)c1ccccc1.